The Kier molecular flexibility index (Phi) is 4.19. The largest absolute Gasteiger partial charge is 0.433 e. The van der Waals surface area contributed by atoms with Crippen LogP contribution in [0.2, 0.25) is 0 Å². The molecule has 0 bridgehead atoms. The number of nitrogens with zero attached hydrogens (tertiary/aromatic N) is 3. The lowest BCUT2D eigenvalue weighted by Crippen LogP contribution is -2.31. The molecule has 0 saturated heterocycles. The van der Waals surface area contributed by atoms with Gasteiger partial charge in [-0.25, -0.2) is 9.97 Å². The Bertz CT molecular complexity index is 669. The number of aromatic nitrogens is 3. The quantitative estimate of drug-likeness (QED) is 0.918. The first kappa shape index (κ1) is 15.7. The van der Waals surface area contributed by atoms with Gasteiger partial charge >= 0.3 is 6.18 Å². The second-order valence-corrected chi connectivity index (χ2v) is 5.83. The van der Waals surface area contributed by atoms with Gasteiger partial charge in [-0.2, -0.15) is 13.2 Å². The fourth-order valence-electron chi connectivity index (χ4n) is 2.58. The molecule has 1 aliphatic carbocycles. The minimum absolute atomic E-state index is 0.0243. The van der Waals surface area contributed by atoms with Gasteiger partial charge in [0.25, 0.3) is 0 Å². The van der Waals surface area contributed by atoms with Crippen molar-refractivity contribution in [2.75, 3.05) is 5.32 Å². The number of rotatable bonds is 4. The van der Waals surface area contributed by atoms with Crippen molar-refractivity contribution in [2.45, 2.75) is 38.4 Å². The molecular weight excluding hydrogens is 305 g/mol. The van der Waals surface area contributed by atoms with E-state index in [1.165, 1.54) is 12.6 Å². The monoisotopic (exact) mass is 322 g/mol. The normalized spacial score (nSPS) is 16.7. The van der Waals surface area contributed by atoms with E-state index in [9.17, 15) is 13.2 Å². The highest BCUT2D eigenvalue weighted by atomic mass is 19.4. The van der Waals surface area contributed by atoms with Gasteiger partial charge < -0.3 is 5.32 Å². The van der Waals surface area contributed by atoms with Gasteiger partial charge in [0.05, 0.1) is 0 Å². The van der Waals surface area contributed by atoms with E-state index >= 15 is 0 Å². The smallest absolute Gasteiger partial charge is 0.367 e. The van der Waals surface area contributed by atoms with Gasteiger partial charge in [-0.3, -0.25) is 4.98 Å². The predicted molar refractivity (Wildman–Crippen MR) is 80.7 cm³/mol. The van der Waals surface area contributed by atoms with Crippen LogP contribution in [0.1, 0.15) is 31.9 Å². The molecule has 0 spiro atoms. The van der Waals surface area contributed by atoms with Gasteiger partial charge in [-0.05, 0) is 37.8 Å². The summed E-state index contributed by atoms with van der Waals surface area (Å²) in [4.78, 5) is 11.8. The van der Waals surface area contributed by atoms with Crippen molar-refractivity contribution in [3.63, 3.8) is 0 Å². The lowest BCUT2D eigenvalue weighted by Gasteiger charge is -2.32. The molecule has 23 heavy (non-hydrogen) atoms. The predicted octanol–water partition coefficient (Wildman–Crippen LogP) is 4.16. The second-order valence-electron chi connectivity index (χ2n) is 5.83. The van der Waals surface area contributed by atoms with Crippen LogP contribution in [0.5, 0.6) is 0 Å². The molecule has 2 heterocycles. The molecular formula is C16H17F3N4. The Labute approximate surface area is 132 Å². The summed E-state index contributed by atoms with van der Waals surface area (Å²) in [5, 5.41) is 3.09. The molecule has 0 amide bonds. The molecule has 2 aromatic heterocycles. The summed E-state index contributed by atoms with van der Waals surface area (Å²) >= 11 is 0. The van der Waals surface area contributed by atoms with Crippen molar-refractivity contribution in [3.8, 4) is 11.4 Å². The van der Waals surface area contributed by atoms with Gasteiger partial charge in [0.15, 0.2) is 11.5 Å². The van der Waals surface area contributed by atoms with Crippen molar-refractivity contribution in [1.29, 1.82) is 0 Å². The number of pyridine rings is 1. The number of hydrogen-bond donors (Lipinski definition) is 1. The number of alkyl halides is 3. The number of hydrogen-bond acceptors (Lipinski definition) is 4. The zero-order chi connectivity index (χ0) is 16.4. The topological polar surface area (TPSA) is 50.7 Å². The molecule has 1 atom stereocenters. The minimum atomic E-state index is -4.52. The third kappa shape index (κ3) is 3.60. The zero-order valence-electron chi connectivity index (χ0n) is 12.6. The summed E-state index contributed by atoms with van der Waals surface area (Å²) in [5.74, 6) is 0.711. The number of halogens is 3. The summed E-state index contributed by atoms with van der Waals surface area (Å²) in [6, 6.07) is 4.33. The highest BCUT2D eigenvalue weighted by Crippen LogP contribution is 2.33. The highest BCUT2D eigenvalue weighted by molar-refractivity contribution is 5.56. The zero-order valence-corrected chi connectivity index (χ0v) is 12.6. The minimum Gasteiger partial charge on any atom is -0.367 e. The van der Waals surface area contributed by atoms with Crippen molar-refractivity contribution < 1.29 is 13.2 Å². The molecule has 122 valence electrons. The van der Waals surface area contributed by atoms with Crippen LogP contribution in [0.3, 0.4) is 0 Å². The highest BCUT2D eigenvalue weighted by Gasteiger charge is 2.34. The van der Waals surface area contributed by atoms with E-state index in [-0.39, 0.29) is 17.7 Å². The van der Waals surface area contributed by atoms with E-state index in [2.05, 4.69) is 20.3 Å². The van der Waals surface area contributed by atoms with Crippen LogP contribution in [-0.4, -0.2) is 21.0 Å². The van der Waals surface area contributed by atoms with Crippen LogP contribution in [0.4, 0.5) is 19.0 Å². The van der Waals surface area contributed by atoms with Gasteiger partial charge in [0.2, 0.25) is 0 Å². The lowest BCUT2D eigenvalue weighted by molar-refractivity contribution is -0.141. The Morgan fingerprint density at radius 3 is 2.61 bits per heavy atom. The van der Waals surface area contributed by atoms with Crippen molar-refractivity contribution >= 4 is 5.82 Å². The molecule has 3 rings (SSSR count). The maximum absolute atomic E-state index is 13.1. The second kappa shape index (κ2) is 6.14. The van der Waals surface area contributed by atoms with E-state index < -0.39 is 11.9 Å². The van der Waals surface area contributed by atoms with Gasteiger partial charge in [0, 0.05) is 30.1 Å². The maximum Gasteiger partial charge on any atom is 0.433 e. The summed E-state index contributed by atoms with van der Waals surface area (Å²) in [6.45, 7) is 1.98. The van der Waals surface area contributed by atoms with Crippen LogP contribution in [0, 0.1) is 5.92 Å². The van der Waals surface area contributed by atoms with Gasteiger partial charge in [-0.15, -0.1) is 0 Å². The van der Waals surface area contributed by atoms with Gasteiger partial charge in [0.1, 0.15) is 5.82 Å². The average molecular weight is 322 g/mol. The van der Waals surface area contributed by atoms with Crippen molar-refractivity contribution in [1.82, 2.24) is 15.0 Å². The molecule has 4 nitrogen and oxygen atoms in total. The van der Waals surface area contributed by atoms with Crippen molar-refractivity contribution in [3.05, 3.63) is 36.3 Å². The summed E-state index contributed by atoms with van der Waals surface area (Å²) in [6.07, 6.45) is 1.86. The van der Waals surface area contributed by atoms with E-state index in [1.807, 2.05) is 6.92 Å². The first-order valence-corrected chi connectivity index (χ1v) is 7.56. The van der Waals surface area contributed by atoms with Crippen LogP contribution in [-0.2, 0) is 6.18 Å². The molecule has 1 N–H and O–H groups in total. The molecule has 0 aromatic carbocycles. The van der Waals surface area contributed by atoms with Crippen LogP contribution in [0.15, 0.2) is 30.6 Å². The molecule has 1 saturated carbocycles. The fourth-order valence-corrected chi connectivity index (χ4v) is 2.58. The Hall–Kier alpha value is -2.18. The molecule has 1 unspecified atom stereocenters. The van der Waals surface area contributed by atoms with E-state index in [0.717, 1.165) is 18.9 Å². The van der Waals surface area contributed by atoms with Gasteiger partial charge in [-0.1, -0.05) is 6.42 Å². The fraction of sp³-hybridized carbons (Fsp3) is 0.438. The first-order valence-electron chi connectivity index (χ1n) is 7.56. The molecule has 1 fully saturated rings. The first-order chi connectivity index (χ1) is 10.9. The molecule has 0 aliphatic heterocycles. The van der Waals surface area contributed by atoms with Crippen molar-refractivity contribution in [2.24, 2.45) is 5.92 Å². The number of nitrogens with one attached hydrogen (secondary N) is 1. The van der Waals surface area contributed by atoms with E-state index in [0.29, 0.717) is 11.5 Å². The van der Waals surface area contributed by atoms with Crippen LogP contribution < -0.4 is 5.32 Å². The third-order valence-corrected chi connectivity index (χ3v) is 4.17. The van der Waals surface area contributed by atoms with Crippen LogP contribution in [0.25, 0.3) is 11.4 Å². The standard InChI is InChI=1S/C16H17F3N4/c1-10(11-4-2-5-11)21-14-8-13(16(17,18)19)22-15(23-14)12-6-3-7-20-9-12/h3,6-11H,2,4-5H2,1H3,(H,21,22,23). The molecule has 2 aromatic rings. The van der Waals surface area contributed by atoms with E-state index in [1.54, 1.807) is 18.3 Å². The third-order valence-electron chi connectivity index (χ3n) is 4.17. The Morgan fingerprint density at radius 1 is 1.26 bits per heavy atom. The van der Waals surface area contributed by atoms with E-state index in [4.69, 9.17) is 0 Å². The Balaban J connectivity index is 1.94. The summed E-state index contributed by atoms with van der Waals surface area (Å²) in [7, 11) is 0. The SMILES string of the molecule is CC(Nc1cc(C(F)(F)F)nc(-c2cccnc2)n1)C1CCC1. The summed E-state index contributed by atoms with van der Waals surface area (Å²) < 4.78 is 39.3. The lowest BCUT2D eigenvalue weighted by atomic mass is 9.80. The number of anilines is 1. The molecule has 7 heteroatoms. The maximum atomic E-state index is 13.1. The van der Waals surface area contributed by atoms with Crippen LogP contribution >= 0.6 is 0 Å². The Morgan fingerprint density at radius 2 is 2.04 bits per heavy atom. The molecule has 0 radical (unpaired) electrons. The summed E-state index contributed by atoms with van der Waals surface area (Å²) in [5.41, 5.74) is -0.493. The average Bonchev–Trinajstić information content (AvgIpc) is 2.45. The molecule has 1 aliphatic rings.